The second-order valence-electron chi connectivity index (χ2n) is 9.06. The van der Waals surface area contributed by atoms with Crippen LogP contribution >= 0.6 is 0 Å². The summed E-state index contributed by atoms with van der Waals surface area (Å²) in [5, 5.41) is 0. The van der Waals surface area contributed by atoms with E-state index in [1.165, 1.54) is 11.1 Å². The van der Waals surface area contributed by atoms with E-state index in [4.69, 9.17) is 37.9 Å². The number of hydrogen-bond acceptors (Lipinski definition) is 8. The van der Waals surface area contributed by atoms with E-state index in [9.17, 15) is 0 Å². The van der Waals surface area contributed by atoms with Gasteiger partial charge in [0.25, 0.3) is 0 Å². The van der Waals surface area contributed by atoms with Gasteiger partial charge in [-0.1, -0.05) is 12.1 Å². The predicted molar refractivity (Wildman–Crippen MR) is 143 cm³/mol. The van der Waals surface area contributed by atoms with Crippen LogP contribution in [0.15, 0.2) is 54.6 Å². The van der Waals surface area contributed by atoms with E-state index >= 15 is 0 Å². The van der Waals surface area contributed by atoms with Crippen molar-refractivity contribution >= 4 is 0 Å². The molecule has 0 aromatic heterocycles. The maximum Gasteiger partial charge on any atom is 0.231 e. The Kier molecular flexibility index (Phi) is 9.43. The number of hydrogen-bond donors (Lipinski definition) is 0. The first kappa shape index (κ1) is 27.3. The lowest BCUT2D eigenvalue weighted by atomic mass is 9.85. The van der Waals surface area contributed by atoms with Crippen molar-refractivity contribution in [3.63, 3.8) is 0 Å². The zero-order valence-corrected chi connectivity index (χ0v) is 22.7. The predicted octanol–water partition coefficient (Wildman–Crippen LogP) is 5.19. The minimum atomic E-state index is 0.0229. The topological polar surface area (TPSA) is 73.8 Å². The first-order valence-electron chi connectivity index (χ1n) is 12.5. The van der Waals surface area contributed by atoms with Crippen molar-refractivity contribution in [1.82, 2.24) is 0 Å². The normalized spacial score (nSPS) is 16.6. The Labute approximate surface area is 224 Å². The van der Waals surface area contributed by atoms with E-state index in [2.05, 4.69) is 12.1 Å². The lowest BCUT2D eigenvalue weighted by Gasteiger charge is -2.19. The summed E-state index contributed by atoms with van der Waals surface area (Å²) < 4.78 is 44.5. The molecule has 0 N–H and O–H groups in total. The molecule has 1 fully saturated rings. The molecule has 0 unspecified atom stereocenters. The molecule has 0 saturated carbocycles. The summed E-state index contributed by atoms with van der Waals surface area (Å²) >= 11 is 0. The Morgan fingerprint density at radius 2 is 1.03 bits per heavy atom. The molecule has 0 amide bonds. The summed E-state index contributed by atoms with van der Waals surface area (Å²) in [7, 11) is 8.12. The van der Waals surface area contributed by atoms with E-state index in [0.717, 1.165) is 37.6 Å². The Bertz CT molecular complexity index is 1190. The van der Waals surface area contributed by atoms with Crippen LogP contribution in [-0.4, -0.2) is 55.6 Å². The van der Waals surface area contributed by atoms with Gasteiger partial charge in [-0.05, 0) is 72.2 Å². The Hall–Kier alpha value is -3.78. The van der Waals surface area contributed by atoms with Gasteiger partial charge >= 0.3 is 0 Å². The highest BCUT2D eigenvalue weighted by atomic mass is 16.7. The van der Waals surface area contributed by atoms with Crippen molar-refractivity contribution in [3.8, 4) is 40.2 Å². The molecule has 0 aliphatic carbocycles. The molecule has 1 heterocycles. The second kappa shape index (κ2) is 13.1. The molecule has 4 rings (SSSR count). The molecule has 0 bridgehead atoms. The highest BCUT2D eigenvalue weighted by molar-refractivity contribution is 5.46. The van der Waals surface area contributed by atoms with Gasteiger partial charge in [-0.15, -0.1) is 0 Å². The molecule has 0 radical (unpaired) electrons. The van der Waals surface area contributed by atoms with Gasteiger partial charge in [-0.25, -0.2) is 0 Å². The number of methoxy groups -OCH3 is 5. The molecule has 1 saturated heterocycles. The summed E-state index contributed by atoms with van der Waals surface area (Å²) in [6.07, 6.45) is 1.80. The SMILES string of the molecule is COc1ccc(C[C@H]2COC[C@@H]2Cc2ccc(OCOc3ccc(OC)c(OC)c3)c(OC)c2)cc1OC. The average molecular weight is 525 g/mol. The molecule has 204 valence electrons. The largest absolute Gasteiger partial charge is 0.493 e. The third-order valence-electron chi connectivity index (χ3n) is 6.80. The van der Waals surface area contributed by atoms with E-state index in [-0.39, 0.29) is 6.79 Å². The van der Waals surface area contributed by atoms with E-state index in [1.807, 2.05) is 24.3 Å². The van der Waals surface area contributed by atoms with Gasteiger partial charge in [0.15, 0.2) is 34.5 Å². The quantitative estimate of drug-likeness (QED) is 0.283. The molecule has 3 aromatic carbocycles. The van der Waals surface area contributed by atoms with Crippen LogP contribution in [0.25, 0.3) is 0 Å². The maximum atomic E-state index is 5.88. The zero-order chi connectivity index (χ0) is 26.9. The fourth-order valence-corrected chi connectivity index (χ4v) is 4.73. The number of ether oxygens (including phenoxy) is 8. The van der Waals surface area contributed by atoms with Crippen LogP contribution in [0.4, 0.5) is 0 Å². The van der Waals surface area contributed by atoms with Crippen LogP contribution < -0.4 is 33.2 Å². The van der Waals surface area contributed by atoms with Gasteiger partial charge in [0.1, 0.15) is 5.75 Å². The zero-order valence-electron chi connectivity index (χ0n) is 22.7. The van der Waals surface area contributed by atoms with E-state index in [0.29, 0.717) is 40.6 Å². The summed E-state index contributed by atoms with van der Waals surface area (Å²) in [5.41, 5.74) is 2.38. The minimum absolute atomic E-state index is 0.0229. The molecule has 38 heavy (non-hydrogen) atoms. The number of benzene rings is 3. The molecular formula is C30H36O8. The third-order valence-corrected chi connectivity index (χ3v) is 6.80. The summed E-state index contributed by atoms with van der Waals surface area (Å²) in [4.78, 5) is 0. The van der Waals surface area contributed by atoms with Gasteiger partial charge in [-0.3, -0.25) is 0 Å². The van der Waals surface area contributed by atoms with Crippen LogP contribution in [0.1, 0.15) is 11.1 Å². The maximum absolute atomic E-state index is 5.88. The molecule has 0 spiro atoms. The summed E-state index contributed by atoms with van der Waals surface area (Å²) in [6, 6.07) is 17.5. The number of rotatable bonds is 13. The fourth-order valence-electron chi connectivity index (χ4n) is 4.73. The highest BCUT2D eigenvalue weighted by Crippen LogP contribution is 2.35. The first-order valence-corrected chi connectivity index (χ1v) is 12.5. The van der Waals surface area contributed by atoms with Gasteiger partial charge in [0.2, 0.25) is 6.79 Å². The first-order chi connectivity index (χ1) is 18.6. The molecule has 8 heteroatoms. The lowest BCUT2D eigenvalue weighted by Crippen LogP contribution is -2.17. The van der Waals surface area contributed by atoms with E-state index in [1.54, 1.807) is 53.7 Å². The minimum Gasteiger partial charge on any atom is -0.493 e. The molecular weight excluding hydrogens is 488 g/mol. The standard InChI is InChI=1S/C30H36O8/c1-31-25-9-6-20(14-28(25)33-3)12-22-17-36-18-23(22)13-21-7-10-27(29(15-21)34-4)38-19-37-24-8-11-26(32-2)30(16-24)35-5/h6-11,14-16,22-23H,12-13,17-19H2,1-5H3/t22-,23-/m0/s1. The van der Waals surface area contributed by atoms with Crippen molar-refractivity contribution in [1.29, 1.82) is 0 Å². The summed E-state index contributed by atoms with van der Waals surface area (Å²) in [6.45, 7) is 1.50. The molecule has 2 atom stereocenters. The van der Waals surface area contributed by atoms with Crippen molar-refractivity contribution in [2.75, 3.05) is 55.6 Å². The molecule has 1 aliphatic rings. The molecule has 1 aliphatic heterocycles. The third kappa shape index (κ3) is 6.55. The second-order valence-corrected chi connectivity index (χ2v) is 9.06. The van der Waals surface area contributed by atoms with Crippen LogP contribution in [0, 0.1) is 11.8 Å². The van der Waals surface area contributed by atoms with E-state index < -0.39 is 0 Å². The fraction of sp³-hybridized carbons (Fsp3) is 0.400. The Morgan fingerprint density at radius 1 is 0.553 bits per heavy atom. The van der Waals surface area contributed by atoms with Crippen LogP contribution in [0.3, 0.4) is 0 Å². The Balaban J connectivity index is 1.36. The highest BCUT2D eigenvalue weighted by Gasteiger charge is 2.29. The Morgan fingerprint density at radius 3 is 1.58 bits per heavy atom. The summed E-state index contributed by atoms with van der Waals surface area (Å²) in [5.74, 6) is 5.40. The van der Waals surface area contributed by atoms with Crippen LogP contribution in [0.5, 0.6) is 40.2 Å². The van der Waals surface area contributed by atoms with Crippen molar-refractivity contribution in [2.45, 2.75) is 12.8 Å². The van der Waals surface area contributed by atoms with Crippen molar-refractivity contribution < 1.29 is 37.9 Å². The van der Waals surface area contributed by atoms with Gasteiger partial charge in [-0.2, -0.15) is 0 Å². The monoisotopic (exact) mass is 524 g/mol. The lowest BCUT2D eigenvalue weighted by molar-refractivity contribution is 0.116. The van der Waals surface area contributed by atoms with Crippen molar-refractivity contribution in [3.05, 3.63) is 65.7 Å². The van der Waals surface area contributed by atoms with Crippen molar-refractivity contribution in [2.24, 2.45) is 11.8 Å². The van der Waals surface area contributed by atoms with Gasteiger partial charge < -0.3 is 37.9 Å². The van der Waals surface area contributed by atoms with Crippen LogP contribution in [-0.2, 0) is 17.6 Å². The smallest absolute Gasteiger partial charge is 0.231 e. The van der Waals surface area contributed by atoms with Crippen LogP contribution in [0.2, 0.25) is 0 Å². The molecule has 8 nitrogen and oxygen atoms in total. The van der Waals surface area contributed by atoms with Gasteiger partial charge in [0, 0.05) is 6.07 Å². The average Bonchev–Trinajstić information content (AvgIpc) is 3.39. The van der Waals surface area contributed by atoms with Gasteiger partial charge in [0.05, 0.1) is 48.8 Å². The molecule has 3 aromatic rings.